The van der Waals surface area contributed by atoms with Crippen LogP contribution in [0.2, 0.25) is 0 Å². The molecule has 25 heavy (non-hydrogen) atoms. The van der Waals surface area contributed by atoms with Crippen LogP contribution in [0, 0.1) is 0 Å². The molecule has 0 N–H and O–H groups in total. The smallest absolute Gasteiger partial charge is 0.140 e. The van der Waals surface area contributed by atoms with Gasteiger partial charge in [-0.25, -0.2) is 0 Å². The summed E-state index contributed by atoms with van der Waals surface area (Å²) >= 11 is 0. The van der Waals surface area contributed by atoms with Gasteiger partial charge in [0.25, 0.3) is 0 Å². The molecule has 2 nitrogen and oxygen atoms in total. The van der Waals surface area contributed by atoms with Crippen molar-refractivity contribution in [1.29, 1.82) is 0 Å². The third-order valence-electron chi connectivity index (χ3n) is 5.01. The molecular weight excluding hydrogens is 308 g/mol. The Morgan fingerprint density at radius 2 is 0.720 bits per heavy atom. The maximum Gasteiger partial charge on any atom is 0.140 e. The fourth-order valence-electron chi connectivity index (χ4n) is 3.31. The minimum Gasteiger partial charge on any atom is -0.299 e. The number of hydrogen-bond donors (Lipinski definition) is 0. The molecule has 0 fully saturated rings. The molecule has 0 bridgehead atoms. The van der Waals surface area contributed by atoms with Gasteiger partial charge in [0.1, 0.15) is 11.6 Å². The maximum atomic E-state index is 11.8. The normalized spacial score (nSPS) is 11.0. The van der Waals surface area contributed by atoms with Gasteiger partial charge in [0, 0.05) is 12.8 Å². The predicted octanol–water partition coefficient (Wildman–Crippen LogP) is 7.58. The van der Waals surface area contributed by atoms with Crippen molar-refractivity contribution < 1.29 is 9.59 Å². The molecule has 2 heteroatoms. The summed E-state index contributed by atoms with van der Waals surface area (Å²) in [6.07, 6.45) is 21.3. The van der Waals surface area contributed by atoms with E-state index in [2.05, 4.69) is 13.8 Å². The third-order valence-corrected chi connectivity index (χ3v) is 5.01. The van der Waals surface area contributed by atoms with Crippen LogP contribution in [0.5, 0.6) is 0 Å². The predicted molar refractivity (Wildman–Crippen MR) is 109 cm³/mol. The molecule has 0 heterocycles. The van der Waals surface area contributed by atoms with E-state index in [1.807, 2.05) is 0 Å². The minimum atomic E-state index is 0.163. The maximum absolute atomic E-state index is 11.8. The van der Waals surface area contributed by atoms with Gasteiger partial charge < -0.3 is 0 Å². The first kappa shape index (κ1) is 24.3. The van der Waals surface area contributed by atoms with Gasteiger partial charge in [0.05, 0.1) is 6.42 Å². The zero-order valence-corrected chi connectivity index (χ0v) is 17.3. The molecule has 0 aromatic rings. The summed E-state index contributed by atoms with van der Waals surface area (Å²) in [4.78, 5) is 23.7. The van der Waals surface area contributed by atoms with Gasteiger partial charge in [-0.1, -0.05) is 104 Å². The molecule has 0 aliphatic carbocycles. The number of ketones is 2. The van der Waals surface area contributed by atoms with E-state index in [9.17, 15) is 9.59 Å². The topological polar surface area (TPSA) is 34.1 Å². The summed E-state index contributed by atoms with van der Waals surface area (Å²) in [5.41, 5.74) is 0. The van der Waals surface area contributed by atoms with Crippen LogP contribution in [0.25, 0.3) is 0 Å². The van der Waals surface area contributed by atoms with E-state index in [1.54, 1.807) is 0 Å². The van der Waals surface area contributed by atoms with E-state index in [0.717, 1.165) is 25.7 Å². The molecule has 0 rings (SSSR count). The molecule has 0 atom stereocenters. The van der Waals surface area contributed by atoms with Crippen molar-refractivity contribution in [2.24, 2.45) is 0 Å². The second kappa shape index (κ2) is 19.7. The number of carbonyl (C=O) groups excluding carboxylic acids is 2. The van der Waals surface area contributed by atoms with Gasteiger partial charge in [-0.3, -0.25) is 9.59 Å². The number of unbranched alkanes of at least 4 members (excludes halogenated alkanes) is 14. The summed E-state index contributed by atoms with van der Waals surface area (Å²) in [5.74, 6) is 0.325. The SMILES string of the molecule is CCCCCCCCCCC(=O)CC(=O)CCCCCCCCCC. The zero-order chi connectivity index (χ0) is 18.6. The molecule has 0 amide bonds. The third kappa shape index (κ3) is 19.5. The highest BCUT2D eigenvalue weighted by molar-refractivity contribution is 5.98. The van der Waals surface area contributed by atoms with Gasteiger partial charge in [0.15, 0.2) is 0 Å². The summed E-state index contributed by atoms with van der Waals surface area (Å²) in [5, 5.41) is 0. The van der Waals surface area contributed by atoms with E-state index >= 15 is 0 Å². The lowest BCUT2D eigenvalue weighted by Crippen LogP contribution is -2.07. The highest BCUT2D eigenvalue weighted by atomic mass is 16.1. The van der Waals surface area contributed by atoms with Crippen LogP contribution < -0.4 is 0 Å². The fourth-order valence-corrected chi connectivity index (χ4v) is 3.31. The van der Waals surface area contributed by atoms with Crippen LogP contribution >= 0.6 is 0 Å². The number of hydrogen-bond acceptors (Lipinski definition) is 2. The second-order valence-electron chi connectivity index (χ2n) is 7.70. The average molecular weight is 353 g/mol. The molecule has 0 aliphatic heterocycles. The van der Waals surface area contributed by atoms with E-state index in [-0.39, 0.29) is 18.0 Å². The van der Waals surface area contributed by atoms with Gasteiger partial charge >= 0.3 is 0 Å². The Balaban J connectivity index is 3.34. The number of Topliss-reactive ketones (excluding diaryl/α,β-unsaturated/α-hetero) is 2. The lowest BCUT2D eigenvalue weighted by atomic mass is 10.0. The van der Waals surface area contributed by atoms with Crippen molar-refractivity contribution >= 4 is 11.6 Å². The van der Waals surface area contributed by atoms with Crippen LogP contribution in [0.3, 0.4) is 0 Å². The Labute approximate surface area is 157 Å². The van der Waals surface area contributed by atoms with Gasteiger partial charge in [-0.05, 0) is 12.8 Å². The highest BCUT2D eigenvalue weighted by Crippen LogP contribution is 2.12. The van der Waals surface area contributed by atoms with Crippen molar-refractivity contribution in [1.82, 2.24) is 0 Å². The molecule has 0 saturated carbocycles. The fraction of sp³-hybridized carbons (Fsp3) is 0.913. The van der Waals surface area contributed by atoms with Crippen LogP contribution in [0.4, 0.5) is 0 Å². The molecule has 148 valence electrons. The Hall–Kier alpha value is -0.660. The van der Waals surface area contributed by atoms with E-state index < -0.39 is 0 Å². The van der Waals surface area contributed by atoms with Gasteiger partial charge in [-0.15, -0.1) is 0 Å². The molecule has 0 aromatic carbocycles. The first-order valence-corrected chi connectivity index (χ1v) is 11.2. The summed E-state index contributed by atoms with van der Waals surface area (Å²) in [6, 6.07) is 0. The standard InChI is InChI=1S/C23H44O2/c1-3-5-7-9-11-13-15-17-19-22(24)21-23(25)20-18-16-14-12-10-8-6-4-2/h3-21H2,1-2H3. The van der Waals surface area contributed by atoms with Gasteiger partial charge in [0.2, 0.25) is 0 Å². The van der Waals surface area contributed by atoms with Crippen molar-refractivity contribution in [2.45, 2.75) is 136 Å². The van der Waals surface area contributed by atoms with Crippen LogP contribution in [-0.4, -0.2) is 11.6 Å². The first-order valence-electron chi connectivity index (χ1n) is 11.2. The molecule has 0 aromatic heterocycles. The van der Waals surface area contributed by atoms with Crippen LogP contribution in [-0.2, 0) is 9.59 Å². The highest BCUT2D eigenvalue weighted by Gasteiger charge is 2.09. The number of rotatable bonds is 20. The molecule has 0 saturated heterocycles. The summed E-state index contributed by atoms with van der Waals surface area (Å²) in [6.45, 7) is 4.48. The van der Waals surface area contributed by atoms with Crippen LogP contribution in [0.15, 0.2) is 0 Å². The second-order valence-corrected chi connectivity index (χ2v) is 7.70. The Morgan fingerprint density at radius 3 is 1.04 bits per heavy atom. The summed E-state index contributed by atoms with van der Waals surface area (Å²) in [7, 11) is 0. The van der Waals surface area contributed by atoms with Crippen molar-refractivity contribution in [3.05, 3.63) is 0 Å². The summed E-state index contributed by atoms with van der Waals surface area (Å²) < 4.78 is 0. The lowest BCUT2D eigenvalue weighted by molar-refractivity contribution is -0.127. The van der Waals surface area contributed by atoms with Crippen molar-refractivity contribution in [3.63, 3.8) is 0 Å². The Kier molecular flexibility index (Phi) is 19.1. The monoisotopic (exact) mass is 352 g/mol. The van der Waals surface area contributed by atoms with E-state index in [4.69, 9.17) is 0 Å². The largest absolute Gasteiger partial charge is 0.299 e. The van der Waals surface area contributed by atoms with Gasteiger partial charge in [-0.2, -0.15) is 0 Å². The number of carbonyl (C=O) groups is 2. The quantitative estimate of drug-likeness (QED) is 0.167. The minimum absolute atomic E-state index is 0.163. The molecule has 0 aliphatic rings. The van der Waals surface area contributed by atoms with Crippen molar-refractivity contribution in [3.8, 4) is 0 Å². The zero-order valence-electron chi connectivity index (χ0n) is 17.3. The Bertz CT molecular complexity index is 279. The first-order chi connectivity index (χ1) is 12.2. The molecule has 0 radical (unpaired) electrons. The van der Waals surface area contributed by atoms with Crippen molar-refractivity contribution in [2.75, 3.05) is 0 Å². The van der Waals surface area contributed by atoms with E-state index in [1.165, 1.54) is 77.0 Å². The van der Waals surface area contributed by atoms with Crippen LogP contribution in [0.1, 0.15) is 136 Å². The molecular formula is C23H44O2. The lowest BCUT2D eigenvalue weighted by Gasteiger charge is -2.03. The molecule has 0 unspecified atom stereocenters. The van der Waals surface area contributed by atoms with E-state index in [0.29, 0.717) is 12.8 Å². The molecule has 0 spiro atoms. The Morgan fingerprint density at radius 1 is 0.440 bits per heavy atom. The average Bonchev–Trinajstić information content (AvgIpc) is 2.59.